The summed E-state index contributed by atoms with van der Waals surface area (Å²) in [6.45, 7) is 1.10. The van der Waals surface area contributed by atoms with Crippen molar-refractivity contribution in [2.45, 2.75) is 17.9 Å². The van der Waals surface area contributed by atoms with E-state index < -0.39 is 15.8 Å². The maximum Gasteiger partial charge on any atom is 0.243 e. The second-order valence-electron chi connectivity index (χ2n) is 5.55. The van der Waals surface area contributed by atoms with E-state index in [1.807, 2.05) is 0 Å². The van der Waals surface area contributed by atoms with E-state index in [1.165, 1.54) is 35.6 Å². The number of nitrogens with zero attached hydrogens (tertiary/aromatic N) is 1. The average Bonchev–Trinajstić information content (AvgIpc) is 2.79. The number of ether oxygens (including phenoxy) is 2. The molecule has 0 N–H and O–H groups in total. The molecule has 7 heteroatoms. The van der Waals surface area contributed by atoms with Gasteiger partial charge in [0.2, 0.25) is 10.0 Å². The monoisotopic (exact) mass is 351 g/mol. The van der Waals surface area contributed by atoms with Crippen molar-refractivity contribution in [2.24, 2.45) is 0 Å². The lowest BCUT2D eigenvalue weighted by molar-refractivity contribution is 0.297. The van der Waals surface area contributed by atoms with E-state index in [2.05, 4.69) is 0 Å². The molecule has 0 unspecified atom stereocenters. The Kier molecular flexibility index (Phi) is 4.73. The highest BCUT2D eigenvalue weighted by Gasteiger charge is 2.23. The fraction of sp³-hybridized carbons (Fsp3) is 0.294. The molecule has 1 heterocycles. The first-order chi connectivity index (χ1) is 11.5. The molecule has 0 aliphatic carbocycles. The van der Waals surface area contributed by atoms with Crippen LogP contribution in [0, 0.1) is 5.82 Å². The Balaban J connectivity index is 1.85. The molecule has 3 rings (SSSR count). The van der Waals surface area contributed by atoms with Crippen molar-refractivity contribution in [3.8, 4) is 11.5 Å². The minimum Gasteiger partial charge on any atom is -0.490 e. The van der Waals surface area contributed by atoms with E-state index in [9.17, 15) is 12.8 Å². The zero-order valence-corrected chi connectivity index (χ0v) is 14.1. The van der Waals surface area contributed by atoms with E-state index in [-0.39, 0.29) is 11.4 Å². The van der Waals surface area contributed by atoms with Gasteiger partial charge in [0.25, 0.3) is 0 Å². The summed E-state index contributed by atoms with van der Waals surface area (Å²) < 4.78 is 51.0. The minimum atomic E-state index is -3.72. The molecule has 0 bridgehead atoms. The lowest BCUT2D eigenvalue weighted by Gasteiger charge is -2.18. The molecule has 2 aromatic rings. The fourth-order valence-electron chi connectivity index (χ4n) is 2.46. The number of halogens is 1. The lowest BCUT2D eigenvalue weighted by Crippen LogP contribution is -2.26. The molecule has 0 radical (unpaired) electrons. The van der Waals surface area contributed by atoms with Gasteiger partial charge in [0.05, 0.1) is 18.1 Å². The van der Waals surface area contributed by atoms with Crippen LogP contribution in [0.15, 0.2) is 47.4 Å². The van der Waals surface area contributed by atoms with E-state index in [0.29, 0.717) is 30.3 Å². The highest BCUT2D eigenvalue weighted by molar-refractivity contribution is 7.89. The first-order valence-electron chi connectivity index (χ1n) is 7.57. The molecule has 0 amide bonds. The van der Waals surface area contributed by atoms with Crippen molar-refractivity contribution in [3.63, 3.8) is 0 Å². The summed E-state index contributed by atoms with van der Waals surface area (Å²) in [5.41, 5.74) is 0.579. The third kappa shape index (κ3) is 3.52. The number of hydrogen-bond donors (Lipinski definition) is 0. The first-order valence-corrected chi connectivity index (χ1v) is 9.01. The van der Waals surface area contributed by atoms with Gasteiger partial charge in [-0.25, -0.2) is 12.8 Å². The smallest absolute Gasteiger partial charge is 0.243 e. The van der Waals surface area contributed by atoms with Gasteiger partial charge >= 0.3 is 0 Å². The van der Waals surface area contributed by atoms with E-state index in [0.717, 1.165) is 6.42 Å². The van der Waals surface area contributed by atoms with Crippen LogP contribution in [0.1, 0.15) is 12.0 Å². The Morgan fingerprint density at radius 3 is 2.58 bits per heavy atom. The molecule has 0 saturated carbocycles. The summed E-state index contributed by atoms with van der Waals surface area (Å²) in [5.74, 6) is 0.570. The van der Waals surface area contributed by atoms with Gasteiger partial charge in [-0.3, -0.25) is 0 Å². The minimum absolute atomic E-state index is 0.0779. The Bertz CT molecular complexity index is 838. The van der Waals surface area contributed by atoms with Crippen LogP contribution in [0.5, 0.6) is 11.5 Å². The molecule has 128 valence electrons. The molecule has 1 aliphatic rings. The van der Waals surface area contributed by atoms with Crippen molar-refractivity contribution < 1.29 is 22.3 Å². The molecule has 0 spiro atoms. The van der Waals surface area contributed by atoms with Crippen LogP contribution in [-0.2, 0) is 16.6 Å². The summed E-state index contributed by atoms with van der Waals surface area (Å²) in [7, 11) is -2.26. The molecule has 0 atom stereocenters. The molecule has 2 aromatic carbocycles. The van der Waals surface area contributed by atoms with Crippen molar-refractivity contribution in [2.75, 3.05) is 20.3 Å². The van der Waals surface area contributed by atoms with Gasteiger partial charge in [-0.1, -0.05) is 12.1 Å². The number of benzene rings is 2. The van der Waals surface area contributed by atoms with Crippen molar-refractivity contribution in [3.05, 3.63) is 53.8 Å². The summed E-state index contributed by atoms with van der Waals surface area (Å²) in [5, 5.41) is 0. The maximum absolute atomic E-state index is 13.3. The van der Waals surface area contributed by atoms with Gasteiger partial charge in [-0.2, -0.15) is 4.31 Å². The molecular formula is C17H18FNO4S. The van der Waals surface area contributed by atoms with Gasteiger partial charge in [-0.15, -0.1) is 0 Å². The van der Waals surface area contributed by atoms with Crippen LogP contribution in [0.4, 0.5) is 4.39 Å². The van der Waals surface area contributed by atoms with E-state index in [4.69, 9.17) is 9.47 Å². The standard InChI is InChI=1S/C17H18FNO4S/c1-19(12-13-4-2-5-14(18)10-13)24(20,21)15-6-7-16-17(11-15)23-9-3-8-22-16/h2,4-7,10-11H,3,8-9,12H2,1H3. The predicted octanol–water partition coefficient (Wildman–Crippen LogP) is 2.81. The number of fused-ring (bicyclic) bond motifs is 1. The highest BCUT2D eigenvalue weighted by atomic mass is 32.2. The quantitative estimate of drug-likeness (QED) is 0.850. The van der Waals surface area contributed by atoms with Crippen LogP contribution in [0.25, 0.3) is 0 Å². The average molecular weight is 351 g/mol. The van der Waals surface area contributed by atoms with Gasteiger partial charge in [0.1, 0.15) is 5.82 Å². The van der Waals surface area contributed by atoms with Gasteiger partial charge in [0.15, 0.2) is 11.5 Å². The van der Waals surface area contributed by atoms with E-state index in [1.54, 1.807) is 18.2 Å². The zero-order chi connectivity index (χ0) is 17.2. The van der Waals surface area contributed by atoms with Crippen molar-refractivity contribution in [1.29, 1.82) is 0 Å². The van der Waals surface area contributed by atoms with E-state index >= 15 is 0 Å². The van der Waals surface area contributed by atoms with Gasteiger partial charge in [-0.05, 0) is 29.8 Å². The zero-order valence-electron chi connectivity index (χ0n) is 13.2. The Labute approximate surface area is 140 Å². The van der Waals surface area contributed by atoms with Crippen LogP contribution in [0.3, 0.4) is 0 Å². The molecule has 0 aromatic heterocycles. The van der Waals surface area contributed by atoms with Crippen LogP contribution in [-0.4, -0.2) is 33.0 Å². The maximum atomic E-state index is 13.3. The number of rotatable bonds is 4. The van der Waals surface area contributed by atoms with Crippen LogP contribution in [0.2, 0.25) is 0 Å². The second kappa shape index (κ2) is 6.78. The topological polar surface area (TPSA) is 55.8 Å². The molecule has 24 heavy (non-hydrogen) atoms. The van der Waals surface area contributed by atoms with Gasteiger partial charge in [0, 0.05) is 26.1 Å². The second-order valence-corrected chi connectivity index (χ2v) is 7.59. The largest absolute Gasteiger partial charge is 0.490 e. The van der Waals surface area contributed by atoms with Crippen LogP contribution >= 0.6 is 0 Å². The SMILES string of the molecule is CN(Cc1cccc(F)c1)S(=O)(=O)c1ccc2c(c1)OCCCO2. The summed E-state index contributed by atoms with van der Waals surface area (Å²) in [4.78, 5) is 0.116. The normalized spacial score (nSPS) is 14.5. The highest BCUT2D eigenvalue weighted by Crippen LogP contribution is 2.32. The predicted molar refractivity (Wildman–Crippen MR) is 87.1 cm³/mol. The molecule has 1 aliphatic heterocycles. The van der Waals surface area contributed by atoms with Crippen molar-refractivity contribution in [1.82, 2.24) is 4.31 Å². The van der Waals surface area contributed by atoms with Crippen LogP contribution < -0.4 is 9.47 Å². The number of hydrogen-bond acceptors (Lipinski definition) is 4. The summed E-state index contributed by atoms with van der Waals surface area (Å²) in [6.07, 6.45) is 0.746. The third-order valence-electron chi connectivity index (χ3n) is 3.72. The third-order valence-corrected chi connectivity index (χ3v) is 5.52. The molecule has 0 fully saturated rings. The fourth-order valence-corrected chi connectivity index (χ4v) is 3.64. The summed E-state index contributed by atoms with van der Waals surface area (Å²) in [6, 6.07) is 10.4. The molecule has 5 nitrogen and oxygen atoms in total. The van der Waals surface area contributed by atoms with Gasteiger partial charge < -0.3 is 9.47 Å². The lowest BCUT2D eigenvalue weighted by atomic mass is 10.2. The Morgan fingerprint density at radius 1 is 1.08 bits per heavy atom. The Hall–Kier alpha value is -2.12. The summed E-state index contributed by atoms with van der Waals surface area (Å²) >= 11 is 0. The Morgan fingerprint density at radius 2 is 1.83 bits per heavy atom. The number of sulfonamides is 1. The molecule has 0 saturated heterocycles. The van der Waals surface area contributed by atoms with Crippen molar-refractivity contribution >= 4 is 10.0 Å². The first kappa shape index (κ1) is 16.7. The molecular weight excluding hydrogens is 333 g/mol.